The number of pyridine rings is 1. The maximum atomic E-state index is 5.98. The van der Waals surface area contributed by atoms with Crippen molar-refractivity contribution in [2.24, 2.45) is 7.05 Å². The van der Waals surface area contributed by atoms with Gasteiger partial charge in [-0.25, -0.2) is 4.57 Å². The smallest absolute Gasteiger partial charge is 0.213 e. The minimum Gasteiger partial charge on any atom is -0.461 e. The third-order valence-electron chi connectivity index (χ3n) is 4.51. The fraction of sp³-hybridized carbons (Fsp3) is 0.286. The molecular weight excluding hydrogens is 310 g/mol. The van der Waals surface area contributed by atoms with Crippen LogP contribution in [0.25, 0.3) is 22.6 Å². The van der Waals surface area contributed by atoms with Crippen LogP contribution in [0.15, 0.2) is 53.1 Å². The molecule has 0 amide bonds. The van der Waals surface area contributed by atoms with E-state index in [-0.39, 0.29) is 0 Å². The number of nitrogens with zero attached hydrogens (tertiary/aromatic N) is 1. The Bertz CT molecular complexity index is 887. The molecule has 124 valence electrons. The molecule has 2 aromatic heterocycles. The summed E-state index contributed by atoms with van der Waals surface area (Å²) in [6.07, 6.45) is 2.31. The summed E-state index contributed by atoms with van der Waals surface area (Å²) < 4.78 is 8.24. The highest BCUT2D eigenvalue weighted by Crippen LogP contribution is 2.27. The van der Waals surface area contributed by atoms with E-state index in [0.717, 1.165) is 11.5 Å². The zero-order valence-corrected chi connectivity index (χ0v) is 16.5. The molecule has 0 atom stereocenters. The first-order valence-corrected chi connectivity index (χ1v) is 11.9. The number of aryl methyl sites for hydroxylation is 3. The first-order valence-electron chi connectivity index (χ1n) is 8.44. The lowest BCUT2D eigenvalue weighted by Crippen LogP contribution is -2.46. The number of hydrogen-bond acceptors (Lipinski definition) is 1. The molecule has 0 N–H and O–H groups in total. The molecule has 0 saturated carbocycles. The van der Waals surface area contributed by atoms with Gasteiger partial charge in [-0.2, -0.15) is 0 Å². The van der Waals surface area contributed by atoms with Gasteiger partial charge in [0.15, 0.2) is 6.20 Å². The van der Waals surface area contributed by atoms with Crippen LogP contribution in [0, 0.1) is 13.8 Å². The van der Waals surface area contributed by atoms with Gasteiger partial charge in [0, 0.05) is 22.4 Å². The summed E-state index contributed by atoms with van der Waals surface area (Å²) >= 11 is 0. The van der Waals surface area contributed by atoms with Crippen LogP contribution in [0.4, 0.5) is 0 Å². The molecule has 0 fully saturated rings. The molecule has 0 bridgehead atoms. The monoisotopic (exact) mass is 336 g/mol. The Balaban J connectivity index is 2.29. The van der Waals surface area contributed by atoms with Crippen LogP contribution in [0.5, 0.6) is 0 Å². The van der Waals surface area contributed by atoms with Crippen LogP contribution < -0.4 is 9.75 Å². The van der Waals surface area contributed by atoms with Gasteiger partial charge in [0.05, 0.1) is 8.07 Å². The fourth-order valence-corrected chi connectivity index (χ4v) is 4.74. The molecule has 3 heteroatoms. The van der Waals surface area contributed by atoms with Crippen molar-refractivity contribution in [2.75, 3.05) is 0 Å². The summed E-state index contributed by atoms with van der Waals surface area (Å²) in [5.41, 5.74) is 5.01. The Kier molecular flexibility index (Phi) is 4.22. The molecule has 0 aliphatic rings. The highest BCUT2D eigenvalue weighted by Gasteiger charge is 2.28. The van der Waals surface area contributed by atoms with Gasteiger partial charge < -0.3 is 4.42 Å². The third kappa shape index (κ3) is 3.09. The minimum atomic E-state index is -1.50. The normalized spacial score (nSPS) is 11.8. The number of aromatic nitrogens is 1. The van der Waals surface area contributed by atoms with E-state index in [9.17, 15) is 0 Å². The van der Waals surface area contributed by atoms with Gasteiger partial charge in [0.2, 0.25) is 5.69 Å². The van der Waals surface area contributed by atoms with Gasteiger partial charge in [0.1, 0.15) is 18.6 Å². The van der Waals surface area contributed by atoms with Crippen molar-refractivity contribution in [1.29, 1.82) is 0 Å². The maximum Gasteiger partial charge on any atom is 0.213 e. The van der Waals surface area contributed by atoms with Crippen LogP contribution >= 0.6 is 0 Å². The molecule has 2 heterocycles. The second kappa shape index (κ2) is 6.06. The van der Waals surface area contributed by atoms with E-state index < -0.39 is 8.07 Å². The van der Waals surface area contributed by atoms with E-state index in [1.165, 1.54) is 27.6 Å². The van der Waals surface area contributed by atoms with Crippen LogP contribution in [0.3, 0.4) is 0 Å². The van der Waals surface area contributed by atoms with Gasteiger partial charge in [0.25, 0.3) is 0 Å². The van der Waals surface area contributed by atoms with Crippen LogP contribution in [-0.4, -0.2) is 8.07 Å². The number of benzene rings is 1. The van der Waals surface area contributed by atoms with Gasteiger partial charge in [-0.05, 0) is 37.6 Å². The van der Waals surface area contributed by atoms with E-state index in [0.29, 0.717) is 0 Å². The van der Waals surface area contributed by atoms with Gasteiger partial charge >= 0.3 is 0 Å². The molecule has 0 saturated heterocycles. The lowest BCUT2D eigenvalue weighted by Gasteiger charge is -2.19. The molecule has 3 rings (SSSR count). The third-order valence-corrected chi connectivity index (χ3v) is 6.52. The summed E-state index contributed by atoms with van der Waals surface area (Å²) in [6.45, 7) is 11.3. The topological polar surface area (TPSA) is 17.0 Å². The zero-order valence-electron chi connectivity index (χ0n) is 15.5. The molecule has 3 aromatic rings. The van der Waals surface area contributed by atoms with Gasteiger partial charge in [-0.1, -0.05) is 37.8 Å². The quantitative estimate of drug-likeness (QED) is 0.504. The lowest BCUT2D eigenvalue weighted by atomic mass is 10.0. The molecule has 0 aliphatic heterocycles. The summed E-state index contributed by atoms with van der Waals surface area (Å²) in [6, 6.07) is 15.0. The second-order valence-electron chi connectivity index (χ2n) is 7.57. The molecule has 0 radical (unpaired) electrons. The number of rotatable bonds is 3. The van der Waals surface area contributed by atoms with Crippen LogP contribution in [0.2, 0.25) is 19.6 Å². The first-order chi connectivity index (χ1) is 11.3. The van der Waals surface area contributed by atoms with E-state index in [1.54, 1.807) is 0 Å². The molecule has 0 aliphatic carbocycles. The van der Waals surface area contributed by atoms with Crippen molar-refractivity contribution < 1.29 is 8.98 Å². The highest BCUT2D eigenvalue weighted by atomic mass is 28.3. The molecular formula is C21H26NOSi+. The summed E-state index contributed by atoms with van der Waals surface area (Å²) in [5.74, 6) is 1.93. The molecule has 0 spiro atoms. The average Bonchev–Trinajstić information content (AvgIpc) is 2.93. The van der Waals surface area contributed by atoms with Crippen molar-refractivity contribution in [1.82, 2.24) is 0 Å². The largest absolute Gasteiger partial charge is 0.461 e. The van der Waals surface area contributed by atoms with E-state index in [4.69, 9.17) is 4.42 Å². The Hall–Kier alpha value is -2.13. The first kappa shape index (κ1) is 16.7. The average molecular weight is 337 g/mol. The number of furan rings is 1. The van der Waals surface area contributed by atoms with Gasteiger partial charge in [-0.3, -0.25) is 0 Å². The SMILES string of the molecule is Cc1ccc(-c2cc(-c3ccccc3C)[n+](C)cc2[Si](C)(C)C)o1. The second-order valence-corrected chi connectivity index (χ2v) is 12.6. The van der Waals surface area contributed by atoms with Crippen LogP contribution in [0.1, 0.15) is 11.3 Å². The van der Waals surface area contributed by atoms with Gasteiger partial charge in [-0.15, -0.1) is 0 Å². The lowest BCUT2D eigenvalue weighted by molar-refractivity contribution is -0.659. The molecule has 2 nitrogen and oxygen atoms in total. The summed E-state index contributed by atoms with van der Waals surface area (Å²) in [7, 11) is 0.640. The van der Waals surface area contributed by atoms with Crippen molar-refractivity contribution in [3.63, 3.8) is 0 Å². The summed E-state index contributed by atoms with van der Waals surface area (Å²) in [4.78, 5) is 0. The molecule has 24 heavy (non-hydrogen) atoms. The molecule has 1 aromatic carbocycles. The highest BCUT2D eigenvalue weighted by molar-refractivity contribution is 6.89. The predicted octanol–water partition coefficient (Wildman–Crippen LogP) is 4.60. The van der Waals surface area contributed by atoms with E-state index in [2.05, 4.69) is 80.8 Å². The Morgan fingerprint density at radius 3 is 2.21 bits per heavy atom. The number of hydrogen-bond donors (Lipinski definition) is 0. The van der Waals surface area contributed by atoms with Crippen molar-refractivity contribution >= 4 is 13.3 Å². The Labute approximate surface area is 145 Å². The van der Waals surface area contributed by atoms with Crippen molar-refractivity contribution in [3.8, 4) is 22.6 Å². The standard InChI is InChI=1S/C21H26NOSi/c1-15-9-7-8-10-17(15)19-13-18(20-12-11-16(2)23-20)21(14-22(19)3)24(4,5)6/h7-14H,1-6H3/q+1. The summed E-state index contributed by atoms with van der Waals surface area (Å²) in [5, 5.41) is 1.43. The zero-order chi connectivity index (χ0) is 17.5. The maximum absolute atomic E-state index is 5.98. The Morgan fingerprint density at radius 1 is 0.917 bits per heavy atom. The Morgan fingerprint density at radius 2 is 1.62 bits per heavy atom. The van der Waals surface area contributed by atoms with E-state index >= 15 is 0 Å². The van der Waals surface area contributed by atoms with Crippen LogP contribution in [-0.2, 0) is 7.05 Å². The minimum absolute atomic E-state index is 0.956. The van der Waals surface area contributed by atoms with Crippen molar-refractivity contribution in [3.05, 3.63) is 60.0 Å². The fourth-order valence-electron chi connectivity index (χ4n) is 3.16. The van der Waals surface area contributed by atoms with E-state index in [1.807, 2.05) is 13.0 Å². The van der Waals surface area contributed by atoms with Crippen molar-refractivity contribution in [2.45, 2.75) is 33.5 Å². The molecule has 0 unspecified atom stereocenters. The predicted molar refractivity (Wildman–Crippen MR) is 103 cm³/mol.